The molecule has 6 nitrogen and oxygen atoms in total. The van der Waals surface area contributed by atoms with Gasteiger partial charge in [-0.15, -0.1) is 0 Å². The maximum Gasteiger partial charge on any atom is 0.378 e. The highest BCUT2D eigenvalue weighted by Gasteiger charge is 2.54. The van der Waals surface area contributed by atoms with Crippen molar-refractivity contribution in [1.82, 2.24) is 0 Å². The van der Waals surface area contributed by atoms with E-state index in [1.165, 1.54) is 96.3 Å². The first-order valence-electron chi connectivity index (χ1n) is 20.9. The fourth-order valence-corrected chi connectivity index (χ4v) is 8.10. The van der Waals surface area contributed by atoms with Crippen molar-refractivity contribution in [1.29, 1.82) is 0 Å². The summed E-state index contributed by atoms with van der Waals surface area (Å²) in [7, 11) is 0. The van der Waals surface area contributed by atoms with Gasteiger partial charge < -0.3 is 24.8 Å². The Bertz CT molecular complexity index is 799. The normalized spacial score (nSPS) is 16.1. The van der Waals surface area contributed by atoms with E-state index in [1.807, 2.05) is 0 Å². The first-order chi connectivity index (χ1) is 23.3. The van der Waals surface area contributed by atoms with E-state index in [1.54, 1.807) is 0 Å². The molecule has 48 heavy (non-hydrogen) atoms. The average Bonchev–Trinajstić information content (AvgIpc) is 3.37. The SMILES string of the molecule is CCCCCCCCCCC(CCCCCC)(CCCCCC)C(CCCCCC)(CCCCCC)OC1=C(O)C(=O)O[C@@H]1[C@@H](O)CO. The molecule has 284 valence electrons. The lowest BCUT2D eigenvalue weighted by molar-refractivity contribution is -0.161. The standard InChI is InChI=1S/C42H80O6/c1-6-11-16-21-22-23-24-27-32-41(30-25-17-12-7-2,31-26-18-13-8-3)42(33-28-19-14-9-4,34-29-20-15-10-5)48-39-37(45)40(46)47-38(39)36(44)35-43/h36,38,43-45H,6-35H2,1-5H3/t36-,38+/m0/s1. The summed E-state index contributed by atoms with van der Waals surface area (Å²) in [5.74, 6) is -1.35. The van der Waals surface area contributed by atoms with E-state index in [9.17, 15) is 20.1 Å². The summed E-state index contributed by atoms with van der Waals surface area (Å²) in [5, 5.41) is 31.8. The van der Waals surface area contributed by atoms with E-state index in [0.29, 0.717) is 0 Å². The van der Waals surface area contributed by atoms with Gasteiger partial charge in [-0.1, -0.05) is 176 Å². The second-order valence-corrected chi connectivity index (χ2v) is 15.1. The number of carbonyl (C=O) groups excluding carboxylic acids is 1. The second-order valence-electron chi connectivity index (χ2n) is 15.1. The molecule has 6 heteroatoms. The minimum absolute atomic E-state index is 0.0509. The topological polar surface area (TPSA) is 96.2 Å². The number of ether oxygens (including phenoxy) is 2. The summed E-state index contributed by atoms with van der Waals surface area (Å²) in [6, 6.07) is 0. The third-order valence-corrected chi connectivity index (χ3v) is 11.1. The van der Waals surface area contributed by atoms with E-state index in [2.05, 4.69) is 34.6 Å². The summed E-state index contributed by atoms with van der Waals surface area (Å²) in [6.45, 7) is 10.7. The molecule has 0 spiro atoms. The molecule has 2 atom stereocenters. The predicted molar refractivity (Wildman–Crippen MR) is 201 cm³/mol. The zero-order chi connectivity index (χ0) is 35.5. The van der Waals surface area contributed by atoms with Gasteiger partial charge >= 0.3 is 5.97 Å². The minimum atomic E-state index is -1.34. The van der Waals surface area contributed by atoms with Crippen molar-refractivity contribution in [2.24, 2.45) is 5.41 Å². The second kappa shape index (κ2) is 27.5. The van der Waals surface area contributed by atoms with Crippen molar-refractivity contribution in [3.05, 3.63) is 11.5 Å². The predicted octanol–water partition coefficient (Wildman–Crippen LogP) is 12.2. The summed E-state index contributed by atoms with van der Waals surface area (Å²) in [6.07, 6.45) is 31.1. The van der Waals surface area contributed by atoms with Crippen LogP contribution in [0.15, 0.2) is 11.5 Å². The molecule has 0 saturated carbocycles. The molecular weight excluding hydrogens is 600 g/mol. The number of carbonyl (C=O) groups is 1. The Labute approximate surface area is 297 Å². The van der Waals surface area contributed by atoms with Crippen molar-refractivity contribution in [3.63, 3.8) is 0 Å². The molecule has 0 amide bonds. The fourth-order valence-electron chi connectivity index (χ4n) is 8.10. The van der Waals surface area contributed by atoms with E-state index in [4.69, 9.17) is 9.47 Å². The van der Waals surface area contributed by atoms with Gasteiger partial charge in [0.15, 0.2) is 11.9 Å². The Morgan fingerprint density at radius 1 is 0.583 bits per heavy atom. The van der Waals surface area contributed by atoms with Crippen molar-refractivity contribution in [3.8, 4) is 0 Å². The van der Waals surface area contributed by atoms with Crippen molar-refractivity contribution >= 4 is 5.97 Å². The van der Waals surface area contributed by atoms with Crippen LogP contribution in [0.1, 0.15) is 221 Å². The number of cyclic esters (lactones) is 1. The van der Waals surface area contributed by atoms with Crippen LogP contribution in [0.3, 0.4) is 0 Å². The fraction of sp³-hybridized carbons (Fsp3) is 0.929. The monoisotopic (exact) mass is 681 g/mol. The summed E-state index contributed by atoms with van der Waals surface area (Å²) < 4.78 is 12.8. The van der Waals surface area contributed by atoms with Crippen LogP contribution < -0.4 is 0 Å². The zero-order valence-corrected chi connectivity index (χ0v) is 32.4. The molecule has 0 saturated heterocycles. The quantitative estimate of drug-likeness (QED) is 0.0462. The molecule has 0 aromatic heterocycles. The van der Waals surface area contributed by atoms with E-state index >= 15 is 0 Å². The van der Waals surface area contributed by atoms with Crippen molar-refractivity contribution < 1.29 is 29.6 Å². The van der Waals surface area contributed by atoms with Crippen LogP contribution in [0, 0.1) is 5.41 Å². The van der Waals surface area contributed by atoms with Gasteiger partial charge in [-0.05, 0) is 44.9 Å². The van der Waals surface area contributed by atoms with Gasteiger partial charge in [-0.3, -0.25) is 0 Å². The molecule has 0 aliphatic carbocycles. The molecular formula is C42H80O6. The number of aliphatic hydroxyl groups is 3. The Morgan fingerprint density at radius 3 is 1.29 bits per heavy atom. The number of unbranched alkanes of at least 4 members (excludes halogenated alkanes) is 19. The van der Waals surface area contributed by atoms with Gasteiger partial charge in [0, 0.05) is 5.41 Å². The molecule has 0 radical (unpaired) electrons. The number of aliphatic hydroxyl groups excluding tert-OH is 3. The highest BCUT2D eigenvalue weighted by Crippen LogP contribution is 2.55. The Morgan fingerprint density at radius 2 is 0.917 bits per heavy atom. The van der Waals surface area contributed by atoms with Gasteiger partial charge in [-0.25, -0.2) is 4.79 Å². The first-order valence-corrected chi connectivity index (χ1v) is 20.9. The van der Waals surface area contributed by atoms with E-state index in [-0.39, 0.29) is 11.2 Å². The number of esters is 1. The smallest absolute Gasteiger partial charge is 0.378 e. The van der Waals surface area contributed by atoms with E-state index < -0.39 is 36.1 Å². The summed E-state index contributed by atoms with van der Waals surface area (Å²) >= 11 is 0. The van der Waals surface area contributed by atoms with Crippen LogP contribution in [0.5, 0.6) is 0 Å². The summed E-state index contributed by atoms with van der Waals surface area (Å²) in [4.78, 5) is 12.8. The Hall–Kier alpha value is -1.27. The third-order valence-electron chi connectivity index (χ3n) is 11.1. The van der Waals surface area contributed by atoms with Gasteiger partial charge in [0.1, 0.15) is 11.7 Å². The number of hydrogen-bond donors (Lipinski definition) is 3. The zero-order valence-electron chi connectivity index (χ0n) is 32.4. The van der Waals surface area contributed by atoms with E-state index in [0.717, 1.165) is 89.9 Å². The van der Waals surface area contributed by atoms with Crippen molar-refractivity contribution in [2.45, 2.75) is 239 Å². The van der Waals surface area contributed by atoms with Crippen LogP contribution in [0.4, 0.5) is 0 Å². The first kappa shape index (κ1) is 44.8. The highest BCUT2D eigenvalue weighted by atomic mass is 16.6. The average molecular weight is 681 g/mol. The molecule has 0 aromatic rings. The van der Waals surface area contributed by atoms with Crippen LogP contribution in [-0.2, 0) is 14.3 Å². The molecule has 1 aliphatic rings. The van der Waals surface area contributed by atoms with Gasteiger partial charge in [0.05, 0.1) is 6.61 Å². The maximum absolute atomic E-state index is 12.8. The lowest BCUT2D eigenvalue weighted by atomic mass is 9.59. The molecule has 0 aromatic carbocycles. The molecule has 1 aliphatic heterocycles. The summed E-state index contributed by atoms with van der Waals surface area (Å²) in [5.41, 5.74) is -0.721. The van der Waals surface area contributed by atoms with Crippen LogP contribution >= 0.6 is 0 Å². The van der Waals surface area contributed by atoms with Crippen LogP contribution in [0.2, 0.25) is 0 Å². The number of hydrogen-bond acceptors (Lipinski definition) is 6. The van der Waals surface area contributed by atoms with Gasteiger partial charge in [-0.2, -0.15) is 0 Å². The lowest BCUT2D eigenvalue weighted by Crippen LogP contribution is -2.52. The van der Waals surface area contributed by atoms with Crippen molar-refractivity contribution in [2.75, 3.05) is 6.61 Å². The van der Waals surface area contributed by atoms with Crippen LogP contribution in [0.25, 0.3) is 0 Å². The van der Waals surface area contributed by atoms with Gasteiger partial charge in [0.2, 0.25) is 5.76 Å². The minimum Gasteiger partial charge on any atom is -0.499 e. The lowest BCUT2D eigenvalue weighted by Gasteiger charge is -2.52. The molecule has 1 heterocycles. The highest BCUT2D eigenvalue weighted by molar-refractivity contribution is 5.89. The largest absolute Gasteiger partial charge is 0.499 e. The molecule has 0 fully saturated rings. The molecule has 0 bridgehead atoms. The third kappa shape index (κ3) is 15.7. The maximum atomic E-state index is 12.8. The number of rotatable bonds is 34. The Balaban J connectivity index is 3.73. The Kier molecular flexibility index (Phi) is 25.6. The van der Waals surface area contributed by atoms with Gasteiger partial charge in [0.25, 0.3) is 0 Å². The molecule has 3 N–H and O–H groups in total. The van der Waals surface area contributed by atoms with Crippen LogP contribution in [-0.4, -0.2) is 45.7 Å². The molecule has 1 rings (SSSR count). The molecule has 0 unspecified atom stereocenters.